The third kappa shape index (κ3) is 3.60. The Balaban J connectivity index is 1.31. The van der Waals surface area contributed by atoms with Crippen molar-refractivity contribution >= 4 is 17.2 Å². The van der Waals surface area contributed by atoms with Crippen LogP contribution in [-0.2, 0) is 21.6 Å². The number of carbonyl (C=O) groups excluding carboxylic acids is 1. The number of piperidine rings is 1. The Bertz CT molecular complexity index is 904. The molecule has 3 heterocycles. The van der Waals surface area contributed by atoms with Gasteiger partial charge in [0, 0.05) is 41.2 Å². The molecule has 3 N–H and O–H groups in total. The van der Waals surface area contributed by atoms with Crippen LogP contribution in [0.1, 0.15) is 42.5 Å². The minimum absolute atomic E-state index is 0.0949. The summed E-state index contributed by atoms with van der Waals surface area (Å²) in [5, 5.41) is 10.1. The van der Waals surface area contributed by atoms with E-state index < -0.39 is 6.10 Å². The van der Waals surface area contributed by atoms with Gasteiger partial charge in [-0.05, 0) is 49.3 Å². The van der Waals surface area contributed by atoms with Crippen LogP contribution in [0.15, 0.2) is 36.4 Å². The monoisotopic (exact) mass is 426 g/mol. The van der Waals surface area contributed by atoms with Gasteiger partial charge in [0.1, 0.15) is 0 Å². The number of nitrogens with zero attached hydrogens (tertiary/aromatic N) is 1. The molecule has 1 aromatic heterocycles. The van der Waals surface area contributed by atoms with E-state index in [9.17, 15) is 9.90 Å². The Morgan fingerprint density at radius 2 is 1.97 bits per heavy atom. The molecule has 2 aromatic rings. The third-order valence-corrected chi connectivity index (χ3v) is 8.41. The number of hydrogen-bond donors (Lipinski definition) is 2. The van der Waals surface area contributed by atoms with Gasteiger partial charge in [0.2, 0.25) is 5.91 Å². The predicted molar refractivity (Wildman–Crippen MR) is 118 cm³/mol. The van der Waals surface area contributed by atoms with Gasteiger partial charge in [0.25, 0.3) is 0 Å². The van der Waals surface area contributed by atoms with Crippen LogP contribution >= 0.6 is 11.3 Å². The second kappa shape index (κ2) is 8.08. The maximum atomic E-state index is 13.0. The maximum Gasteiger partial charge on any atom is 0.225 e. The zero-order chi connectivity index (χ0) is 20.7. The molecule has 0 radical (unpaired) electrons. The summed E-state index contributed by atoms with van der Waals surface area (Å²) in [5.74, 6) is 0.0876. The number of benzene rings is 1. The highest BCUT2D eigenvalue weighted by Gasteiger charge is 2.44. The van der Waals surface area contributed by atoms with Crippen molar-refractivity contribution in [3.63, 3.8) is 0 Å². The lowest BCUT2D eigenvalue weighted by molar-refractivity contribution is -0.147. The van der Waals surface area contributed by atoms with Gasteiger partial charge in [0.05, 0.1) is 18.3 Å². The molecule has 1 aliphatic carbocycles. The highest BCUT2D eigenvalue weighted by molar-refractivity contribution is 7.15. The average molecular weight is 427 g/mol. The molecule has 1 aromatic carbocycles. The highest BCUT2D eigenvalue weighted by atomic mass is 32.1. The Morgan fingerprint density at radius 1 is 1.20 bits per heavy atom. The molecule has 0 bridgehead atoms. The Morgan fingerprint density at radius 3 is 2.70 bits per heavy atom. The average Bonchev–Trinajstić information content (AvgIpc) is 3.23. The summed E-state index contributed by atoms with van der Waals surface area (Å²) < 4.78 is 6.40. The largest absolute Gasteiger partial charge is 0.391 e. The van der Waals surface area contributed by atoms with Gasteiger partial charge < -0.3 is 20.5 Å². The van der Waals surface area contributed by atoms with Gasteiger partial charge in [-0.25, -0.2) is 0 Å². The van der Waals surface area contributed by atoms with E-state index in [1.54, 1.807) is 0 Å². The summed E-state index contributed by atoms with van der Waals surface area (Å²) in [7, 11) is 0. The molecular formula is C24H30N2O3S. The van der Waals surface area contributed by atoms with Gasteiger partial charge in [-0.15, -0.1) is 11.3 Å². The van der Waals surface area contributed by atoms with Crippen LogP contribution in [0.25, 0.3) is 10.4 Å². The zero-order valence-corrected chi connectivity index (χ0v) is 18.1. The van der Waals surface area contributed by atoms with Gasteiger partial charge in [0.15, 0.2) is 0 Å². The number of ether oxygens (including phenoxy) is 1. The van der Waals surface area contributed by atoms with Crippen LogP contribution in [0.3, 0.4) is 0 Å². The number of nitrogens with two attached hydrogens (primary N) is 1. The smallest absolute Gasteiger partial charge is 0.225 e. The first-order chi connectivity index (χ1) is 14.6. The lowest BCUT2D eigenvalue weighted by Crippen LogP contribution is -2.51. The summed E-state index contributed by atoms with van der Waals surface area (Å²) in [6, 6.07) is 12.7. The van der Waals surface area contributed by atoms with Crippen LogP contribution < -0.4 is 5.73 Å². The minimum atomic E-state index is -0.560. The molecule has 1 saturated heterocycles. The Kier molecular flexibility index (Phi) is 5.44. The molecule has 1 spiro atoms. The van der Waals surface area contributed by atoms with Crippen molar-refractivity contribution in [2.45, 2.75) is 56.3 Å². The first-order valence-electron chi connectivity index (χ1n) is 11.1. The van der Waals surface area contributed by atoms with Gasteiger partial charge in [-0.2, -0.15) is 0 Å². The van der Waals surface area contributed by atoms with Crippen molar-refractivity contribution < 1.29 is 14.6 Å². The lowest BCUT2D eigenvalue weighted by Gasteiger charge is -2.45. The van der Waals surface area contributed by atoms with Gasteiger partial charge in [-0.3, -0.25) is 4.79 Å². The van der Waals surface area contributed by atoms with E-state index in [2.05, 4.69) is 30.3 Å². The first kappa shape index (κ1) is 20.2. The normalized spacial score (nSPS) is 28.3. The quantitative estimate of drug-likeness (QED) is 0.773. The van der Waals surface area contributed by atoms with Crippen molar-refractivity contribution in [2.75, 3.05) is 19.7 Å². The number of hydrogen-bond acceptors (Lipinski definition) is 5. The molecule has 2 fully saturated rings. The number of carbonyl (C=O) groups is 1. The summed E-state index contributed by atoms with van der Waals surface area (Å²) >= 11 is 1.89. The van der Waals surface area contributed by atoms with E-state index in [0.717, 1.165) is 38.7 Å². The summed E-state index contributed by atoms with van der Waals surface area (Å²) in [5.41, 5.74) is 8.24. The predicted octanol–water partition coefficient (Wildman–Crippen LogP) is 3.29. The van der Waals surface area contributed by atoms with Crippen molar-refractivity contribution in [3.05, 3.63) is 46.8 Å². The molecule has 3 atom stereocenters. The van der Waals surface area contributed by atoms with E-state index in [0.29, 0.717) is 19.5 Å². The van der Waals surface area contributed by atoms with E-state index >= 15 is 0 Å². The fourth-order valence-corrected chi connectivity index (χ4v) is 6.55. The fraction of sp³-hybridized carbons (Fsp3) is 0.542. The van der Waals surface area contributed by atoms with Crippen molar-refractivity contribution in [3.8, 4) is 10.4 Å². The number of fused-ring (bicyclic) bond motifs is 2. The van der Waals surface area contributed by atoms with Crippen LogP contribution in [-0.4, -0.2) is 47.8 Å². The third-order valence-electron chi connectivity index (χ3n) is 7.17. The Hall–Kier alpha value is -1.73. The molecular weight excluding hydrogens is 396 g/mol. The molecule has 2 aliphatic heterocycles. The number of rotatable bonds is 2. The molecule has 3 aliphatic rings. The summed E-state index contributed by atoms with van der Waals surface area (Å²) in [4.78, 5) is 17.8. The molecule has 0 unspecified atom stereocenters. The number of aliphatic hydroxyl groups excluding tert-OH is 1. The second-order valence-electron chi connectivity index (χ2n) is 8.97. The van der Waals surface area contributed by atoms with Gasteiger partial charge in [-0.1, -0.05) is 30.3 Å². The molecule has 6 heteroatoms. The van der Waals surface area contributed by atoms with Crippen LogP contribution in [0.2, 0.25) is 0 Å². The van der Waals surface area contributed by atoms with Crippen LogP contribution in [0, 0.1) is 5.92 Å². The number of likely N-dealkylation sites (tertiary alicyclic amines) is 1. The highest BCUT2D eigenvalue weighted by Crippen LogP contribution is 2.47. The van der Waals surface area contributed by atoms with E-state index in [4.69, 9.17) is 10.5 Å². The minimum Gasteiger partial charge on any atom is -0.391 e. The molecule has 1 saturated carbocycles. The second-order valence-corrected chi connectivity index (χ2v) is 10.1. The fourth-order valence-electron chi connectivity index (χ4n) is 5.32. The molecule has 1 amide bonds. The standard InChI is InChI=1S/C24H30N2O3S/c25-19-7-6-17(14-20(19)27)23(28)26-11-9-24(10-12-26)18-15-22(16-4-2-1-3-5-16)30-21(18)8-13-29-24/h1-5,15,17,19-20,27H,6-14,25H2/t17-,19-,20-/m0/s1. The van der Waals surface area contributed by atoms with Crippen molar-refractivity contribution in [1.82, 2.24) is 4.90 Å². The number of thiophene rings is 1. The summed E-state index contributed by atoms with van der Waals surface area (Å²) in [6.45, 7) is 2.18. The Labute approximate surface area is 181 Å². The SMILES string of the molecule is N[C@H]1CC[C@H](C(=O)N2CCC3(CC2)OCCc2sc(-c4ccccc4)cc23)C[C@@H]1O. The van der Waals surface area contributed by atoms with Crippen LogP contribution in [0.5, 0.6) is 0 Å². The molecule has 160 valence electrons. The topological polar surface area (TPSA) is 75.8 Å². The zero-order valence-electron chi connectivity index (χ0n) is 17.3. The summed E-state index contributed by atoms with van der Waals surface area (Å²) in [6.07, 6.45) is 4.08. The van der Waals surface area contributed by atoms with Gasteiger partial charge >= 0.3 is 0 Å². The molecule has 5 rings (SSSR count). The van der Waals surface area contributed by atoms with E-state index in [1.807, 2.05) is 22.3 Å². The number of amides is 1. The number of aliphatic hydroxyl groups is 1. The van der Waals surface area contributed by atoms with Crippen LogP contribution in [0.4, 0.5) is 0 Å². The van der Waals surface area contributed by atoms with E-state index in [-0.39, 0.29) is 23.5 Å². The van der Waals surface area contributed by atoms with Crippen molar-refractivity contribution in [1.29, 1.82) is 0 Å². The maximum absolute atomic E-state index is 13.0. The molecule has 5 nitrogen and oxygen atoms in total. The van der Waals surface area contributed by atoms with Crippen molar-refractivity contribution in [2.24, 2.45) is 11.7 Å². The van der Waals surface area contributed by atoms with E-state index in [1.165, 1.54) is 20.9 Å². The molecule has 30 heavy (non-hydrogen) atoms. The lowest BCUT2D eigenvalue weighted by atomic mass is 9.80. The first-order valence-corrected chi connectivity index (χ1v) is 11.9.